The molecule has 2 rings (SSSR count). The van der Waals surface area contributed by atoms with Crippen molar-refractivity contribution in [3.63, 3.8) is 0 Å². The van der Waals surface area contributed by atoms with Crippen LogP contribution in [0.1, 0.15) is 36.7 Å². The van der Waals surface area contributed by atoms with E-state index in [1.165, 1.54) is 24.3 Å². The molecule has 0 aliphatic heterocycles. The summed E-state index contributed by atoms with van der Waals surface area (Å²) < 4.78 is 38.6. The Kier molecular flexibility index (Phi) is 5.94. The van der Waals surface area contributed by atoms with Crippen molar-refractivity contribution in [3.05, 3.63) is 58.6 Å². The van der Waals surface area contributed by atoms with Crippen molar-refractivity contribution in [1.29, 1.82) is 0 Å². The largest absolute Gasteiger partial charge is 0.465 e. The molecule has 150 valence electrons. The van der Waals surface area contributed by atoms with Gasteiger partial charge in [-0.3, -0.25) is 9.69 Å². The predicted molar refractivity (Wildman–Crippen MR) is 101 cm³/mol. The number of amides is 2. The lowest BCUT2D eigenvalue weighted by Crippen LogP contribution is -2.45. The quantitative estimate of drug-likeness (QED) is 0.657. The third-order valence-electron chi connectivity index (χ3n) is 3.76. The number of nitrogens with one attached hydrogen (secondary N) is 1. The molecule has 5 nitrogen and oxygen atoms in total. The summed E-state index contributed by atoms with van der Waals surface area (Å²) in [4.78, 5) is 25.3. The molecule has 0 aromatic heterocycles. The van der Waals surface area contributed by atoms with Crippen LogP contribution in [0.4, 0.5) is 29.3 Å². The second-order valence-corrected chi connectivity index (χ2v) is 7.42. The fourth-order valence-electron chi connectivity index (χ4n) is 2.59. The van der Waals surface area contributed by atoms with E-state index in [4.69, 9.17) is 11.6 Å². The van der Waals surface area contributed by atoms with Gasteiger partial charge in [0.05, 0.1) is 16.9 Å². The fourth-order valence-corrected chi connectivity index (χ4v) is 2.76. The Labute approximate surface area is 164 Å². The van der Waals surface area contributed by atoms with Gasteiger partial charge in [0.1, 0.15) is 0 Å². The molecule has 0 saturated carbocycles. The normalized spacial score (nSPS) is 11.8. The maximum absolute atomic E-state index is 12.9. The topological polar surface area (TPSA) is 69.6 Å². The van der Waals surface area contributed by atoms with Gasteiger partial charge < -0.3 is 10.4 Å². The molecule has 0 heterocycles. The summed E-state index contributed by atoms with van der Waals surface area (Å²) in [5.74, 6) is -0.825. The number of nitrogens with zero attached hydrogens (tertiary/aromatic N) is 1. The van der Waals surface area contributed by atoms with Gasteiger partial charge >= 0.3 is 12.3 Å². The van der Waals surface area contributed by atoms with E-state index in [1.54, 1.807) is 20.8 Å². The van der Waals surface area contributed by atoms with E-state index < -0.39 is 29.3 Å². The molecule has 2 aromatic rings. The Balaban J connectivity index is 2.45. The lowest BCUT2D eigenvalue weighted by atomic mass is 10.0. The minimum atomic E-state index is -4.59. The molecule has 9 heteroatoms. The van der Waals surface area contributed by atoms with Gasteiger partial charge in [0.2, 0.25) is 0 Å². The van der Waals surface area contributed by atoms with Crippen LogP contribution in [0.25, 0.3) is 0 Å². The van der Waals surface area contributed by atoms with Crippen LogP contribution in [0.5, 0.6) is 0 Å². The minimum Gasteiger partial charge on any atom is -0.465 e. The number of halogens is 4. The molecule has 0 saturated heterocycles. The molecule has 2 N–H and O–H groups in total. The van der Waals surface area contributed by atoms with E-state index >= 15 is 0 Å². The van der Waals surface area contributed by atoms with E-state index in [2.05, 4.69) is 5.32 Å². The van der Waals surface area contributed by atoms with E-state index in [1.807, 2.05) is 0 Å². The van der Waals surface area contributed by atoms with E-state index in [9.17, 15) is 27.9 Å². The smallest absolute Gasteiger partial charge is 0.416 e. The van der Waals surface area contributed by atoms with Crippen molar-refractivity contribution in [3.8, 4) is 0 Å². The van der Waals surface area contributed by atoms with E-state index in [0.29, 0.717) is 0 Å². The van der Waals surface area contributed by atoms with E-state index in [-0.39, 0.29) is 22.0 Å². The van der Waals surface area contributed by atoms with Crippen molar-refractivity contribution in [2.45, 2.75) is 32.5 Å². The molecule has 0 aliphatic carbocycles. The monoisotopic (exact) mass is 414 g/mol. The Hall–Kier alpha value is -2.74. The summed E-state index contributed by atoms with van der Waals surface area (Å²) in [6, 6.07) is 8.14. The molecule has 0 spiro atoms. The number of hydrogen-bond donors (Lipinski definition) is 2. The van der Waals surface area contributed by atoms with Crippen molar-refractivity contribution >= 4 is 35.0 Å². The van der Waals surface area contributed by atoms with E-state index in [0.717, 1.165) is 23.1 Å². The van der Waals surface area contributed by atoms with Crippen LogP contribution in [-0.2, 0) is 6.18 Å². The number of anilines is 2. The number of carbonyl (C=O) groups is 2. The first kappa shape index (κ1) is 21.6. The lowest BCUT2D eigenvalue weighted by Gasteiger charge is -2.34. The summed E-state index contributed by atoms with van der Waals surface area (Å²) >= 11 is 5.96. The van der Waals surface area contributed by atoms with Gasteiger partial charge in [-0.05, 0) is 57.2 Å². The predicted octanol–water partition coefficient (Wildman–Crippen LogP) is 5.89. The maximum atomic E-state index is 12.9. The second-order valence-electron chi connectivity index (χ2n) is 6.98. The Morgan fingerprint density at radius 1 is 1.07 bits per heavy atom. The molecule has 0 radical (unpaired) electrons. The molecule has 2 amide bonds. The summed E-state index contributed by atoms with van der Waals surface area (Å²) in [7, 11) is 0. The second kappa shape index (κ2) is 7.71. The fraction of sp³-hybridized carbons (Fsp3) is 0.263. The number of hydrogen-bond acceptors (Lipinski definition) is 2. The summed E-state index contributed by atoms with van der Waals surface area (Å²) in [6.45, 7) is 4.98. The van der Waals surface area contributed by atoms with Crippen molar-refractivity contribution < 1.29 is 27.9 Å². The third kappa shape index (κ3) is 4.95. The van der Waals surface area contributed by atoms with Crippen LogP contribution in [0, 0.1) is 0 Å². The van der Waals surface area contributed by atoms with Crippen LogP contribution in [0.15, 0.2) is 42.5 Å². The van der Waals surface area contributed by atoms with Gasteiger partial charge in [0, 0.05) is 16.1 Å². The van der Waals surface area contributed by atoms with Gasteiger partial charge in [-0.15, -0.1) is 0 Å². The standard InChI is InChI=1S/C19H18ClF3N2O3/c1-18(2,3)25(17(27)28)15-8-7-13(20)10-14(15)24-16(26)11-5-4-6-12(9-11)19(21,22)23/h4-10H,1-3H3,(H,24,26)(H,27,28). The molecule has 0 fully saturated rings. The first-order valence-corrected chi connectivity index (χ1v) is 8.50. The molecule has 28 heavy (non-hydrogen) atoms. The molecule has 2 aromatic carbocycles. The van der Waals surface area contributed by atoms with Gasteiger partial charge in [0.15, 0.2) is 0 Å². The Bertz CT molecular complexity index is 908. The maximum Gasteiger partial charge on any atom is 0.416 e. The highest BCUT2D eigenvalue weighted by atomic mass is 35.5. The van der Waals surface area contributed by atoms with Gasteiger partial charge in [0.25, 0.3) is 5.91 Å². The highest BCUT2D eigenvalue weighted by Gasteiger charge is 2.32. The zero-order valence-electron chi connectivity index (χ0n) is 15.3. The Morgan fingerprint density at radius 3 is 2.25 bits per heavy atom. The van der Waals surface area contributed by atoms with Crippen LogP contribution in [0.3, 0.4) is 0 Å². The molecular formula is C19H18ClF3N2O3. The summed E-state index contributed by atoms with van der Waals surface area (Å²) in [6.07, 6.45) is -5.85. The van der Waals surface area contributed by atoms with Crippen LogP contribution in [-0.4, -0.2) is 22.6 Å². The van der Waals surface area contributed by atoms with Gasteiger partial charge in [-0.25, -0.2) is 4.79 Å². The summed E-state index contributed by atoms with van der Waals surface area (Å²) in [5, 5.41) is 12.3. The zero-order chi connectivity index (χ0) is 21.3. The summed E-state index contributed by atoms with van der Waals surface area (Å²) in [5.41, 5.74) is -1.83. The average Bonchev–Trinajstić information content (AvgIpc) is 2.55. The highest BCUT2D eigenvalue weighted by Crippen LogP contribution is 2.34. The van der Waals surface area contributed by atoms with Crippen molar-refractivity contribution in [2.75, 3.05) is 10.2 Å². The van der Waals surface area contributed by atoms with Crippen LogP contribution < -0.4 is 10.2 Å². The van der Waals surface area contributed by atoms with Crippen molar-refractivity contribution in [1.82, 2.24) is 0 Å². The minimum absolute atomic E-state index is 0.0623. The molecular weight excluding hydrogens is 397 g/mol. The number of carboxylic acid groups (broad SMARTS) is 1. The zero-order valence-corrected chi connectivity index (χ0v) is 16.0. The molecule has 0 atom stereocenters. The number of rotatable bonds is 3. The third-order valence-corrected chi connectivity index (χ3v) is 4.00. The SMILES string of the molecule is CC(C)(C)N(C(=O)O)c1ccc(Cl)cc1NC(=O)c1cccc(C(F)(F)F)c1. The van der Waals surface area contributed by atoms with Crippen molar-refractivity contribution in [2.24, 2.45) is 0 Å². The molecule has 0 unspecified atom stereocenters. The number of alkyl halides is 3. The van der Waals surface area contributed by atoms with Crippen LogP contribution in [0.2, 0.25) is 5.02 Å². The first-order chi connectivity index (χ1) is 12.8. The Morgan fingerprint density at radius 2 is 1.71 bits per heavy atom. The van der Waals surface area contributed by atoms with Crippen LogP contribution >= 0.6 is 11.6 Å². The van der Waals surface area contributed by atoms with Gasteiger partial charge in [-0.1, -0.05) is 17.7 Å². The number of benzene rings is 2. The first-order valence-electron chi connectivity index (χ1n) is 8.12. The molecule has 0 bridgehead atoms. The average molecular weight is 415 g/mol. The lowest BCUT2D eigenvalue weighted by molar-refractivity contribution is -0.137. The number of carbonyl (C=O) groups excluding carboxylic acids is 1. The van der Waals surface area contributed by atoms with Gasteiger partial charge in [-0.2, -0.15) is 13.2 Å². The highest BCUT2D eigenvalue weighted by molar-refractivity contribution is 6.31. The molecule has 0 aliphatic rings.